The van der Waals surface area contributed by atoms with Crippen LogP contribution in [-0.2, 0) is 0 Å². The van der Waals surface area contributed by atoms with Gasteiger partial charge in [-0.3, -0.25) is 0 Å². The van der Waals surface area contributed by atoms with E-state index in [1.807, 2.05) is 12.3 Å². The van der Waals surface area contributed by atoms with Crippen molar-refractivity contribution in [3.63, 3.8) is 0 Å². The lowest BCUT2D eigenvalue weighted by Crippen LogP contribution is -2.39. The minimum atomic E-state index is -0.287. The molecule has 0 radical (unpaired) electrons. The third-order valence-electron chi connectivity index (χ3n) is 4.94. The van der Waals surface area contributed by atoms with Crippen molar-refractivity contribution < 1.29 is 9.13 Å². The number of hydrogen-bond acceptors (Lipinski definition) is 3. The summed E-state index contributed by atoms with van der Waals surface area (Å²) in [5.41, 5.74) is 3.59. The number of ether oxygens (including phenoxy) is 1. The van der Waals surface area contributed by atoms with Crippen LogP contribution in [0.4, 0.5) is 4.39 Å². The predicted octanol–water partition coefficient (Wildman–Crippen LogP) is 4.75. The lowest BCUT2D eigenvalue weighted by molar-refractivity contribution is 0.373. The fraction of sp³-hybridized carbons (Fsp3) is 0.286. The average molecular weight is 351 g/mol. The number of rotatable bonds is 3. The first-order valence-corrected chi connectivity index (χ1v) is 8.73. The Labute approximate surface area is 152 Å². The average Bonchev–Trinajstić information content (AvgIpc) is 3.05. The maximum absolute atomic E-state index is 13.9. The first kappa shape index (κ1) is 16.6. The maximum atomic E-state index is 13.9. The van der Waals surface area contributed by atoms with Crippen molar-refractivity contribution in [1.82, 2.24) is 15.3 Å². The summed E-state index contributed by atoms with van der Waals surface area (Å²) in [5, 5.41) is 4.35. The number of nitrogens with zero attached hydrogens (tertiary/aromatic N) is 1. The Hall–Kier alpha value is -2.82. The van der Waals surface area contributed by atoms with E-state index < -0.39 is 0 Å². The molecule has 1 aromatic carbocycles. The van der Waals surface area contributed by atoms with Gasteiger partial charge in [0.05, 0.1) is 7.11 Å². The molecule has 1 aliphatic heterocycles. The number of allylic oxidation sites excluding steroid dienone is 1. The van der Waals surface area contributed by atoms with E-state index in [1.165, 1.54) is 12.1 Å². The fourth-order valence-electron chi connectivity index (χ4n) is 3.65. The highest BCUT2D eigenvalue weighted by Gasteiger charge is 2.26. The summed E-state index contributed by atoms with van der Waals surface area (Å²) in [6, 6.07) is 8.60. The zero-order chi connectivity index (χ0) is 18.3. The SMILES string of the molecule is COc1ccc(F)cc1-c1ccnc2[nH]c(C3C=CNC(C)(C)C3)cc12. The van der Waals surface area contributed by atoms with Gasteiger partial charge in [-0.1, -0.05) is 6.08 Å². The molecule has 0 amide bonds. The maximum Gasteiger partial charge on any atom is 0.138 e. The number of benzene rings is 1. The molecule has 134 valence electrons. The van der Waals surface area contributed by atoms with Crippen LogP contribution in [0.5, 0.6) is 5.75 Å². The molecule has 0 aliphatic carbocycles. The molecule has 2 aromatic heterocycles. The van der Waals surface area contributed by atoms with Gasteiger partial charge in [0.15, 0.2) is 0 Å². The second-order valence-electron chi connectivity index (χ2n) is 7.39. The molecule has 4 nitrogen and oxygen atoms in total. The molecular weight excluding hydrogens is 329 g/mol. The van der Waals surface area contributed by atoms with E-state index in [1.54, 1.807) is 19.4 Å². The van der Waals surface area contributed by atoms with Crippen LogP contribution >= 0.6 is 0 Å². The van der Waals surface area contributed by atoms with E-state index in [2.05, 4.69) is 41.3 Å². The standard InChI is InChI=1S/C21H22FN3O/c1-21(2)12-13(6-9-24-21)18-11-17-15(7-8-23-20(17)25-18)16-10-14(22)4-5-19(16)26-3/h4-11,13,24H,12H2,1-3H3,(H,23,25). The van der Waals surface area contributed by atoms with Gasteiger partial charge in [0, 0.05) is 34.3 Å². The molecule has 0 saturated heterocycles. The molecule has 1 atom stereocenters. The van der Waals surface area contributed by atoms with Crippen LogP contribution in [0.1, 0.15) is 31.9 Å². The van der Waals surface area contributed by atoms with Crippen molar-refractivity contribution in [1.29, 1.82) is 0 Å². The molecule has 26 heavy (non-hydrogen) atoms. The van der Waals surface area contributed by atoms with Crippen LogP contribution in [0.3, 0.4) is 0 Å². The first-order valence-electron chi connectivity index (χ1n) is 8.73. The van der Waals surface area contributed by atoms with Crippen molar-refractivity contribution in [2.24, 2.45) is 0 Å². The van der Waals surface area contributed by atoms with Gasteiger partial charge in [-0.2, -0.15) is 0 Å². The van der Waals surface area contributed by atoms with E-state index in [9.17, 15) is 4.39 Å². The molecule has 0 fully saturated rings. The number of nitrogens with one attached hydrogen (secondary N) is 2. The van der Waals surface area contributed by atoms with E-state index in [0.717, 1.165) is 34.3 Å². The molecule has 1 unspecified atom stereocenters. The topological polar surface area (TPSA) is 49.9 Å². The van der Waals surface area contributed by atoms with Crippen molar-refractivity contribution in [2.75, 3.05) is 7.11 Å². The molecular formula is C21H22FN3O. The van der Waals surface area contributed by atoms with Crippen LogP contribution in [0.25, 0.3) is 22.2 Å². The second kappa shape index (κ2) is 6.16. The largest absolute Gasteiger partial charge is 0.496 e. The molecule has 5 heteroatoms. The van der Waals surface area contributed by atoms with Crippen molar-refractivity contribution in [2.45, 2.75) is 31.7 Å². The van der Waals surface area contributed by atoms with Crippen LogP contribution < -0.4 is 10.1 Å². The first-order chi connectivity index (χ1) is 12.5. The molecule has 4 rings (SSSR count). The summed E-state index contributed by atoms with van der Waals surface area (Å²) in [6.07, 6.45) is 6.90. The molecule has 3 aromatic rings. The number of methoxy groups -OCH3 is 1. The van der Waals surface area contributed by atoms with Gasteiger partial charge in [0.1, 0.15) is 17.2 Å². The van der Waals surface area contributed by atoms with Crippen molar-refractivity contribution in [3.8, 4) is 16.9 Å². The molecule has 0 bridgehead atoms. The smallest absolute Gasteiger partial charge is 0.138 e. The number of hydrogen-bond donors (Lipinski definition) is 2. The Balaban J connectivity index is 1.84. The number of fused-ring (bicyclic) bond motifs is 1. The van der Waals surface area contributed by atoms with Gasteiger partial charge >= 0.3 is 0 Å². The molecule has 2 N–H and O–H groups in total. The van der Waals surface area contributed by atoms with Gasteiger partial charge in [0.2, 0.25) is 0 Å². The van der Waals surface area contributed by atoms with Crippen molar-refractivity contribution in [3.05, 3.63) is 60.3 Å². The minimum Gasteiger partial charge on any atom is -0.496 e. The minimum absolute atomic E-state index is 0.0404. The predicted molar refractivity (Wildman–Crippen MR) is 102 cm³/mol. The Morgan fingerprint density at radius 3 is 2.81 bits per heavy atom. The Morgan fingerprint density at radius 2 is 2.04 bits per heavy atom. The van der Waals surface area contributed by atoms with Crippen LogP contribution in [0.2, 0.25) is 0 Å². The molecule has 0 saturated carbocycles. The van der Waals surface area contributed by atoms with Crippen LogP contribution in [0, 0.1) is 5.82 Å². The van der Waals surface area contributed by atoms with Gasteiger partial charge in [0.25, 0.3) is 0 Å². The Morgan fingerprint density at radius 1 is 1.19 bits per heavy atom. The number of halogens is 1. The second-order valence-corrected chi connectivity index (χ2v) is 7.39. The fourth-order valence-corrected chi connectivity index (χ4v) is 3.65. The van der Waals surface area contributed by atoms with Crippen LogP contribution in [0.15, 0.2) is 48.8 Å². The molecule has 0 spiro atoms. The third-order valence-corrected chi connectivity index (χ3v) is 4.94. The summed E-state index contributed by atoms with van der Waals surface area (Å²) in [4.78, 5) is 7.91. The lowest BCUT2D eigenvalue weighted by atomic mass is 9.86. The number of aromatic amines is 1. The van der Waals surface area contributed by atoms with Gasteiger partial charge < -0.3 is 15.0 Å². The number of H-pyrrole nitrogens is 1. The summed E-state index contributed by atoms with van der Waals surface area (Å²) in [5.74, 6) is 0.636. The Bertz CT molecular complexity index is 990. The highest BCUT2D eigenvalue weighted by molar-refractivity contribution is 5.95. The highest BCUT2D eigenvalue weighted by Crippen LogP contribution is 2.37. The zero-order valence-corrected chi connectivity index (χ0v) is 15.1. The monoisotopic (exact) mass is 351 g/mol. The molecule has 1 aliphatic rings. The quantitative estimate of drug-likeness (QED) is 0.716. The number of aromatic nitrogens is 2. The van der Waals surface area contributed by atoms with E-state index in [0.29, 0.717) is 5.75 Å². The van der Waals surface area contributed by atoms with Crippen molar-refractivity contribution >= 4 is 11.0 Å². The number of pyridine rings is 1. The third kappa shape index (κ3) is 2.94. The summed E-state index contributed by atoms with van der Waals surface area (Å²) < 4.78 is 19.3. The summed E-state index contributed by atoms with van der Waals surface area (Å²) in [7, 11) is 1.60. The van der Waals surface area contributed by atoms with E-state index in [4.69, 9.17) is 4.74 Å². The molecule has 3 heterocycles. The van der Waals surface area contributed by atoms with E-state index in [-0.39, 0.29) is 17.3 Å². The summed E-state index contributed by atoms with van der Waals surface area (Å²) >= 11 is 0. The van der Waals surface area contributed by atoms with Gasteiger partial charge in [-0.05, 0) is 62.4 Å². The Kier molecular flexibility index (Phi) is 3.94. The lowest BCUT2D eigenvalue weighted by Gasteiger charge is -2.32. The zero-order valence-electron chi connectivity index (χ0n) is 15.1. The summed E-state index contributed by atoms with van der Waals surface area (Å²) in [6.45, 7) is 4.38. The van der Waals surface area contributed by atoms with Gasteiger partial charge in [-0.25, -0.2) is 9.37 Å². The highest BCUT2D eigenvalue weighted by atomic mass is 19.1. The van der Waals surface area contributed by atoms with Gasteiger partial charge in [-0.15, -0.1) is 0 Å². The normalized spacial score (nSPS) is 18.7. The van der Waals surface area contributed by atoms with Crippen LogP contribution in [-0.4, -0.2) is 22.6 Å². The van der Waals surface area contributed by atoms with E-state index >= 15 is 0 Å².